The van der Waals surface area contributed by atoms with Crippen molar-refractivity contribution >= 4 is 12.0 Å². The van der Waals surface area contributed by atoms with Gasteiger partial charge >= 0.3 is 6.09 Å². The zero-order chi connectivity index (χ0) is 20.5. The molecular formula is C21H34N4O4+2. The summed E-state index contributed by atoms with van der Waals surface area (Å²) < 4.78 is 10.4. The third-order valence-electron chi connectivity index (χ3n) is 5.57. The molecule has 3 N–H and O–H groups in total. The van der Waals surface area contributed by atoms with Crippen LogP contribution in [0.15, 0.2) is 24.3 Å². The van der Waals surface area contributed by atoms with E-state index in [2.05, 4.69) is 29.6 Å². The Morgan fingerprint density at radius 3 is 2.34 bits per heavy atom. The molecule has 2 aliphatic heterocycles. The molecule has 2 saturated heterocycles. The third kappa shape index (κ3) is 6.99. The van der Waals surface area contributed by atoms with E-state index in [-0.39, 0.29) is 12.0 Å². The monoisotopic (exact) mass is 406 g/mol. The number of ether oxygens (including phenoxy) is 2. The van der Waals surface area contributed by atoms with E-state index >= 15 is 0 Å². The number of nitrogens with one attached hydrogen (secondary N) is 3. The molecule has 0 aromatic heterocycles. The van der Waals surface area contributed by atoms with Crippen LogP contribution < -0.4 is 15.1 Å². The second-order valence-electron chi connectivity index (χ2n) is 7.75. The van der Waals surface area contributed by atoms with Gasteiger partial charge in [0.15, 0.2) is 6.54 Å². The maximum Gasteiger partial charge on any atom is 0.410 e. The lowest BCUT2D eigenvalue weighted by molar-refractivity contribution is -0.921. The van der Waals surface area contributed by atoms with Crippen LogP contribution in [0.1, 0.15) is 18.1 Å². The van der Waals surface area contributed by atoms with Crippen LogP contribution in [0.2, 0.25) is 0 Å². The molecule has 0 saturated carbocycles. The number of carbonyl (C=O) groups is 2. The van der Waals surface area contributed by atoms with Crippen LogP contribution in [0.5, 0.6) is 0 Å². The van der Waals surface area contributed by atoms with Gasteiger partial charge in [0.25, 0.3) is 5.91 Å². The summed E-state index contributed by atoms with van der Waals surface area (Å²) in [4.78, 5) is 28.5. The number of benzene rings is 1. The Hall–Kier alpha value is -2.16. The van der Waals surface area contributed by atoms with E-state index in [1.165, 1.54) is 10.5 Å². The van der Waals surface area contributed by atoms with Gasteiger partial charge in [-0.05, 0) is 12.5 Å². The summed E-state index contributed by atoms with van der Waals surface area (Å²) in [5.74, 6) is 0.0476. The maximum atomic E-state index is 12.3. The number of quaternary nitrogens is 2. The lowest BCUT2D eigenvalue weighted by atomic mass is 10.1. The zero-order valence-electron chi connectivity index (χ0n) is 17.4. The first kappa shape index (κ1) is 21.5. The van der Waals surface area contributed by atoms with Crippen LogP contribution in [0, 0.1) is 0 Å². The van der Waals surface area contributed by atoms with Crippen molar-refractivity contribution in [3.8, 4) is 0 Å². The number of nitrogens with zero attached hydrogens (tertiary/aromatic N) is 1. The molecular weight excluding hydrogens is 372 g/mol. The lowest BCUT2D eigenvalue weighted by Crippen LogP contribution is -3.15. The van der Waals surface area contributed by atoms with Gasteiger partial charge < -0.3 is 24.6 Å². The Morgan fingerprint density at radius 2 is 1.69 bits per heavy atom. The van der Waals surface area contributed by atoms with Gasteiger partial charge in [0.2, 0.25) is 0 Å². The Bertz CT molecular complexity index is 653. The van der Waals surface area contributed by atoms with Crippen molar-refractivity contribution in [3.63, 3.8) is 0 Å². The van der Waals surface area contributed by atoms with Gasteiger partial charge in [-0.3, -0.25) is 9.69 Å². The maximum absolute atomic E-state index is 12.3. The van der Waals surface area contributed by atoms with Gasteiger partial charge in [0.1, 0.15) is 19.6 Å². The van der Waals surface area contributed by atoms with Gasteiger partial charge in [0, 0.05) is 12.1 Å². The fourth-order valence-corrected chi connectivity index (χ4v) is 3.79. The van der Waals surface area contributed by atoms with Crippen molar-refractivity contribution in [1.29, 1.82) is 0 Å². The van der Waals surface area contributed by atoms with Crippen LogP contribution in [0.4, 0.5) is 4.79 Å². The molecule has 2 amide bonds. The molecule has 0 radical (unpaired) electrons. The minimum Gasteiger partial charge on any atom is -0.450 e. The zero-order valence-corrected chi connectivity index (χ0v) is 17.4. The Balaban J connectivity index is 1.34. The minimum atomic E-state index is -0.255. The van der Waals surface area contributed by atoms with Crippen molar-refractivity contribution in [3.05, 3.63) is 35.4 Å². The van der Waals surface area contributed by atoms with Gasteiger partial charge in [-0.25, -0.2) is 4.79 Å². The molecule has 0 spiro atoms. The predicted octanol–water partition coefficient (Wildman–Crippen LogP) is -1.93. The highest BCUT2D eigenvalue weighted by molar-refractivity contribution is 5.76. The molecule has 0 unspecified atom stereocenters. The minimum absolute atomic E-state index is 0.0476. The number of piperazine rings is 1. The SMILES string of the molecule is CCOC(=O)N1CC[NH+](CC(=O)NCc2ccc(C[NH+]3CCOCC3)cc2)CC1. The molecule has 1 aromatic rings. The highest BCUT2D eigenvalue weighted by atomic mass is 16.6. The van der Waals surface area contributed by atoms with Crippen molar-refractivity contribution < 1.29 is 28.9 Å². The highest BCUT2D eigenvalue weighted by Gasteiger charge is 2.25. The van der Waals surface area contributed by atoms with Crippen LogP contribution in [0.25, 0.3) is 0 Å². The summed E-state index contributed by atoms with van der Waals surface area (Å²) >= 11 is 0. The molecule has 0 atom stereocenters. The summed E-state index contributed by atoms with van der Waals surface area (Å²) in [6, 6.07) is 8.51. The number of rotatable bonds is 7. The summed E-state index contributed by atoms with van der Waals surface area (Å²) in [5, 5.41) is 3.01. The summed E-state index contributed by atoms with van der Waals surface area (Å²) in [5.41, 5.74) is 2.43. The summed E-state index contributed by atoms with van der Waals surface area (Å²) in [6.45, 7) is 10.8. The van der Waals surface area contributed by atoms with Crippen molar-refractivity contribution in [2.45, 2.75) is 20.0 Å². The van der Waals surface area contributed by atoms with E-state index in [0.717, 1.165) is 51.5 Å². The Labute approximate surface area is 172 Å². The second kappa shape index (κ2) is 11.1. The number of morpholine rings is 1. The molecule has 1 aromatic carbocycles. The summed E-state index contributed by atoms with van der Waals surface area (Å²) in [7, 11) is 0. The van der Waals surface area contributed by atoms with E-state index in [9.17, 15) is 9.59 Å². The molecule has 0 bridgehead atoms. The fourth-order valence-electron chi connectivity index (χ4n) is 3.79. The van der Waals surface area contributed by atoms with E-state index in [4.69, 9.17) is 9.47 Å². The first-order chi connectivity index (χ1) is 14.1. The Kier molecular flexibility index (Phi) is 8.27. The van der Waals surface area contributed by atoms with E-state index in [0.29, 0.717) is 32.8 Å². The van der Waals surface area contributed by atoms with Gasteiger partial charge in [-0.1, -0.05) is 24.3 Å². The highest BCUT2D eigenvalue weighted by Crippen LogP contribution is 2.03. The number of carbonyl (C=O) groups excluding carboxylic acids is 2. The fraction of sp³-hybridized carbons (Fsp3) is 0.619. The quantitative estimate of drug-likeness (QED) is 0.493. The molecule has 0 aliphatic carbocycles. The van der Waals surface area contributed by atoms with Crippen LogP contribution in [0.3, 0.4) is 0 Å². The topological polar surface area (TPSA) is 76.8 Å². The lowest BCUT2D eigenvalue weighted by Gasteiger charge is -2.31. The van der Waals surface area contributed by atoms with Gasteiger partial charge in [-0.2, -0.15) is 0 Å². The van der Waals surface area contributed by atoms with Crippen LogP contribution in [-0.2, 0) is 27.4 Å². The van der Waals surface area contributed by atoms with Crippen LogP contribution >= 0.6 is 0 Å². The average Bonchev–Trinajstić information content (AvgIpc) is 2.75. The van der Waals surface area contributed by atoms with E-state index in [1.54, 1.807) is 9.80 Å². The number of amides is 2. The van der Waals surface area contributed by atoms with Gasteiger partial charge in [0.05, 0.1) is 46.0 Å². The number of hydrogen-bond donors (Lipinski definition) is 3. The molecule has 2 heterocycles. The van der Waals surface area contributed by atoms with Crippen LogP contribution in [-0.4, -0.2) is 82.5 Å². The molecule has 2 fully saturated rings. The molecule has 3 rings (SSSR count). The third-order valence-corrected chi connectivity index (χ3v) is 5.57. The van der Waals surface area contributed by atoms with Crippen molar-refractivity contribution in [1.82, 2.24) is 10.2 Å². The van der Waals surface area contributed by atoms with E-state index in [1.807, 2.05) is 6.92 Å². The first-order valence-electron chi connectivity index (χ1n) is 10.6. The normalized spacial score (nSPS) is 18.4. The standard InChI is InChI=1S/C21H32N4O4/c1-2-29-21(27)25-9-7-23(8-10-25)17-20(26)22-15-18-3-5-19(6-4-18)16-24-11-13-28-14-12-24/h3-6H,2,7-17H2,1H3,(H,22,26)/p+2. The number of hydrogen-bond acceptors (Lipinski definition) is 4. The first-order valence-corrected chi connectivity index (χ1v) is 10.6. The molecule has 29 heavy (non-hydrogen) atoms. The molecule has 2 aliphatic rings. The molecule has 160 valence electrons. The average molecular weight is 407 g/mol. The smallest absolute Gasteiger partial charge is 0.410 e. The largest absolute Gasteiger partial charge is 0.450 e. The molecule has 8 nitrogen and oxygen atoms in total. The molecule has 8 heteroatoms. The Morgan fingerprint density at radius 1 is 1.03 bits per heavy atom. The van der Waals surface area contributed by atoms with Gasteiger partial charge in [-0.15, -0.1) is 0 Å². The second-order valence-corrected chi connectivity index (χ2v) is 7.75. The van der Waals surface area contributed by atoms with E-state index < -0.39 is 0 Å². The summed E-state index contributed by atoms with van der Waals surface area (Å²) in [6.07, 6.45) is -0.255. The van der Waals surface area contributed by atoms with Crippen molar-refractivity contribution in [2.75, 3.05) is 65.6 Å². The van der Waals surface area contributed by atoms with Crippen molar-refractivity contribution in [2.24, 2.45) is 0 Å². The predicted molar refractivity (Wildman–Crippen MR) is 108 cm³/mol.